The highest BCUT2D eigenvalue weighted by Crippen LogP contribution is 2.13. The van der Waals surface area contributed by atoms with Crippen molar-refractivity contribution in [2.75, 3.05) is 0 Å². The van der Waals surface area contributed by atoms with Crippen molar-refractivity contribution in [2.24, 2.45) is 0 Å². The van der Waals surface area contributed by atoms with E-state index in [9.17, 15) is 9.59 Å². The molecule has 0 radical (unpaired) electrons. The minimum atomic E-state index is -0.561. The van der Waals surface area contributed by atoms with E-state index in [2.05, 4.69) is 10.3 Å². The van der Waals surface area contributed by atoms with Gasteiger partial charge in [-0.25, -0.2) is 9.78 Å². The van der Waals surface area contributed by atoms with Crippen LogP contribution in [0.3, 0.4) is 0 Å². The fourth-order valence-corrected chi connectivity index (χ4v) is 1.10. The zero-order chi connectivity index (χ0) is 13.1. The number of aldehydes is 1. The average Bonchev–Trinajstić information content (AvgIpc) is 2.62. The van der Waals surface area contributed by atoms with Crippen molar-refractivity contribution in [3.63, 3.8) is 0 Å². The lowest BCUT2D eigenvalue weighted by atomic mass is 10.2. The third-order valence-corrected chi connectivity index (χ3v) is 1.76. The van der Waals surface area contributed by atoms with E-state index in [-0.39, 0.29) is 11.7 Å². The number of oxazole rings is 1. The Balaban J connectivity index is 2.57. The first-order valence-electron chi connectivity index (χ1n) is 5.22. The molecule has 1 amide bonds. The number of aromatic nitrogens is 1. The van der Waals surface area contributed by atoms with E-state index in [4.69, 9.17) is 9.15 Å². The Morgan fingerprint density at radius 2 is 2.24 bits per heavy atom. The van der Waals surface area contributed by atoms with E-state index >= 15 is 0 Å². The Hall–Kier alpha value is -1.85. The van der Waals surface area contributed by atoms with Gasteiger partial charge in [-0.3, -0.25) is 4.79 Å². The number of alkyl carbamates (subject to hydrolysis) is 1. The molecule has 0 saturated heterocycles. The quantitative estimate of drug-likeness (QED) is 0.818. The summed E-state index contributed by atoms with van der Waals surface area (Å²) in [5, 5.41) is 2.56. The Kier molecular flexibility index (Phi) is 3.88. The van der Waals surface area contributed by atoms with Gasteiger partial charge in [-0.2, -0.15) is 0 Å². The lowest BCUT2D eigenvalue weighted by Gasteiger charge is -2.20. The van der Waals surface area contributed by atoms with E-state index in [1.165, 1.54) is 6.20 Å². The summed E-state index contributed by atoms with van der Waals surface area (Å²) in [5.74, 6) is 0.385. The lowest BCUT2D eigenvalue weighted by molar-refractivity contribution is 0.0501. The zero-order valence-electron chi connectivity index (χ0n) is 10.3. The molecule has 94 valence electrons. The largest absolute Gasteiger partial charge is 0.444 e. The molecular weight excluding hydrogens is 224 g/mol. The van der Waals surface area contributed by atoms with Crippen LogP contribution in [0.5, 0.6) is 0 Å². The molecular formula is C11H16N2O4. The van der Waals surface area contributed by atoms with Crippen LogP contribution in [0, 0.1) is 0 Å². The number of carbonyl (C=O) groups is 2. The van der Waals surface area contributed by atoms with Crippen LogP contribution in [0.1, 0.15) is 50.2 Å². The van der Waals surface area contributed by atoms with Gasteiger partial charge in [0.05, 0.1) is 6.20 Å². The van der Waals surface area contributed by atoms with Crippen LogP contribution in [0.25, 0.3) is 0 Å². The topological polar surface area (TPSA) is 81.4 Å². The van der Waals surface area contributed by atoms with E-state index in [0.717, 1.165) is 0 Å². The Morgan fingerprint density at radius 1 is 1.59 bits per heavy atom. The summed E-state index contributed by atoms with van der Waals surface area (Å²) in [6, 6.07) is -0.460. The van der Waals surface area contributed by atoms with E-state index in [1.807, 2.05) is 0 Å². The van der Waals surface area contributed by atoms with Crippen molar-refractivity contribution in [3.8, 4) is 0 Å². The maximum atomic E-state index is 11.4. The van der Waals surface area contributed by atoms with Crippen molar-refractivity contribution in [3.05, 3.63) is 17.8 Å². The van der Waals surface area contributed by atoms with Gasteiger partial charge in [0.25, 0.3) is 0 Å². The van der Waals surface area contributed by atoms with Gasteiger partial charge in [0.15, 0.2) is 12.0 Å². The number of carbonyl (C=O) groups excluding carboxylic acids is 2. The first kappa shape index (κ1) is 13.2. The second kappa shape index (κ2) is 4.99. The highest BCUT2D eigenvalue weighted by atomic mass is 16.6. The number of hydrogen-bond acceptors (Lipinski definition) is 5. The van der Waals surface area contributed by atoms with Gasteiger partial charge in [-0.1, -0.05) is 0 Å². The van der Waals surface area contributed by atoms with Crippen LogP contribution in [-0.4, -0.2) is 23.0 Å². The van der Waals surface area contributed by atoms with Crippen LogP contribution in [0.15, 0.2) is 10.6 Å². The number of rotatable bonds is 3. The summed E-state index contributed by atoms with van der Waals surface area (Å²) in [5.41, 5.74) is -0.561. The molecule has 0 aliphatic rings. The first-order valence-corrected chi connectivity index (χ1v) is 5.22. The summed E-state index contributed by atoms with van der Waals surface area (Å²) in [4.78, 5) is 25.7. The molecule has 0 bridgehead atoms. The van der Waals surface area contributed by atoms with Crippen molar-refractivity contribution in [1.82, 2.24) is 10.3 Å². The summed E-state index contributed by atoms with van der Waals surface area (Å²) in [7, 11) is 0. The fourth-order valence-electron chi connectivity index (χ4n) is 1.10. The van der Waals surface area contributed by atoms with Gasteiger partial charge < -0.3 is 14.5 Å². The molecule has 1 N–H and O–H groups in total. The van der Waals surface area contributed by atoms with Crippen molar-refractivity contribution in [1.29, 1.82) is 0 Å². The summed E-state index contributed by atoms with van der Waals surface area (Å²) >= 11 is 0. The van der Waals surface area contributed by atoms with Gasteiger partial charge >= 0.3 is 6.09 Å². The molecule has 0 aliphatic heterocycles. The van der Waals surface area contributed by atoms with Gasteiger partial charge in [0.1, 0.15) is 11.6 Å². The highest BCUT2D eigenvalue weighted by molar-refractivity contribution is 5.70. The number of hydrogen-bond donors (Lipinski definition) is 1. The van der Waals surface area contributed by atoms with Crippen LogP contribution < -0.4 is 5.32 Å². The SMILES string of the molecule is C[C@@H](NC(=O)OC(C)(C)C)c1ncc(C=O)o1. The van der Waals surface area contributed by atoms with E-state index < -0.39 is 17.7 Å². The first-order chi connectivity index (χ1) is 7.81. The van der Waals surface area contributed by atoms with Crippen LogP contribution in [0.4, 0.5) is 4.79 Å². The van der Waals surface area contributed by atoms with Crippen molar-refractivity contribution >= 4 is 12.4 Å². The van der Waals surface area contributed by atoms with Crippen LogP contribution in [-0.2, 0) is 4.74 Å². The maximum Gasteiger partial charge on any atom is 0.408 e. The Bertz CT molecular complexity index is 406. The summed E-state index contributed by atoms with van der Waals surface area (Å²) in [6.45, 7) is 7.00. The molecule has 0 unspecified atom stereocenters. The summed E-state index contributed by atoms with van der Waals surface area (Å²) in [6.07, 6.45) is 1.29. The number of amides is 1. The maximum absolute atomic E-state index is 11.4. The number of ether oxygens (including phenoxy) is 1. The second-order valence-electron chi connectivity index (χ2n) is 4.59. The Labute approximate surface area is 99.4 Å². The molecule has 0 saturated carbocycles. The molecule has 0 aliphatic carbocycles. The molecule has 1 heterocycles. The molecule has 6 nitrogen and oxygen atoms in total. The molecule has 0 aromatic carbocycles. The van der Waals surface area contributed by atoms with Crippen molar-refractivity contribution in [2.45, 2.75) is 39.3 Å². The predicted octanol–water partition coefficient (Wildman–Crippen LogP) is 2.07. The van der Waals surface area contributed by atoms with Crippen LogP contribution >= 0.6 is 0 Å². The van der Waals surface area contributed by atoms with Gasteiger partial charge in [0, 0.05) is 0 Å². The predicted molar refractivity (Wildman–Crippen MR) is 59.7 cm³/mol. The minimum Gasteiger partial charge on any atom is -0.444 e. The molecule has 0 spiro atoms. The third kappa shape index (κ3) is 4.26. The molecule has 6 heteroatoms. The molecule has 1 atom stereocenters. The highest BCUT2D eigenvalue weighted by Gasteiger charge is 2.20. The monoisotopic (exact) mass is 240 g/mol. The van der Waals surface area contributed by atoms with Gasteiger partial charge in [-0.05, 0) is 27.7 Å². The van der Waals surface area contributed by atoms with Gasteiger partial charge in [-0.15, -0.1) is 0 Å². The van der Waals surface area contributed by atoms with E-state index in [1.54, 1.807) is 27.7 Å². The van der Waals surface area contributed by atoms with Crippen molar-refractivity contribution < 1.29 is 18.7 Å². The molecule has 1 rings (SSSR count). The zero-order valence-corrected chi connectivity index (χ0v) is 10.3. The standard InChI is InChI=1S/C11H16N2O4/c1-7(9-12-5-8(6-14)16-9)13-10(15)17-11(2,3)4/h5-7H,1-4H3,(H,13,15)/t7-/m1/s1. The molecule has 1 aromatic rings. The average molecular weight is 240 g/mol. The Morgan fingerprint density at radius 3 is 2.71 bits per heavy atom. The van der Waals surface area contributed by atoms with Crippen LogP contribution in [0.2, 0.25) is 0 Å². The number of nitrogens with zero attached hydrogens (tertiary/aromatic N) is 1. The minimum absolute atomic E-state index is 0.123. The molecule has 0 fully saturated rings. The normalized spacial score (nSPS) is 12.9. The van der Waals surface area contributed by atoms with Gasteiger partial charge in [0.2, 0.25) is 5.89 Å². The van der Waals surface area contributed by atoms with E-state index in [0.29, 0.717) is 6.29 Å². The third-order valence-electron chi connectivity index (χ3n) is 1.76. The lowest BCUT2D eigenvalue weighted by Crippen LogP contribution is -2.34. The summed E-state index contributed by atoms with van der Waals surface area (Å²) < 4.78 is 10.2. The molecule has 17 heavy (non-hydrogen) atoms. The smallest absolute Gasteiger partial charge is 0.408 e. The fraction of sp³-hybridized carbons (Fsp3) is 0.545. The molecule has 1 aromatic heterocycles. The number of nitrogens with one attached hydrogen (secondary N) is 1. The second-order valence-corrected chi connectivity index (χ2v) is 4.59.